The Kier molecular flexibility index (Phi) is 10.7. The zero-order chi connectivity index (χ0) is 7.86. The van der Waals surface area contributed by atoms with E-state index < -0.39 is 5.97 Å². The minimum absolute atomic E-state index is 0.394. The van der Waals surface area contributed by atoms with Crippen LogP contribution in [0.2, 0.25) is 0 Å². The number of carboxylic acid groups (broad SMARTS) is 1. The summed E-state index contributed by atoms with van der Waals surface area (Å²) in [5, 5.41) is 7.42. The van der Waals surface area contributed by atoms with Crippen molar-refractivity contribution in [2.45, 2.75) is 20.3 Å². The van der Waals surface area contributed by atoms with E-state index in [9.17, 15) is 4.79 Å². The molecule has 0 unspecified atom stereocenters. The third kappa shape index (κ3) is 67.0. The first-order valence-corrected chi connectivity index (χ1v) is 3.69. The molecule has 0 aliphatic rings. The second kappa shape index (κ2) is 8.14. The maximum atomic E-state index is 9.87. The van der Waals surface area contributed by atoms with E-state index in [-0.39, 0.29) is 0 Å². The molecule has 0 amide bonds. The summed E-state index contributed by atoms with van der Waals surface area (Å²) in [6.45, 7) is 2.97. The Morgan fingerprint density at radius 3 is 1.67 bits per heavy atom. The molecule has 0 atom stereocenters. The van der Waals surface area contributed by atoms with E-state index in [4.69, 9.17) is 9.90 Å². The van der Waals surface area contributed by atoms with Crippen molar-refractivity contribution in [1.82, 2.24) is 0 Å². The zero-order valence-corrected chi connectivity index (χ0v) is 7.97. The predicted octanol–water partition coefficient (Wildman–Crippen LogP) is 0.182. The van der Waals surface area contributed by atoms with Gasteiger partial charge >= 0.3 is 49.1 Å². The number of hydrogen-bond donors (Lipinski definition) is 1. The fourth-order valence-electron chi connectivity index (χ4n) is 0. The fourth-order valence-corrected chi connectivity index (χ4v) is 0. The molecule has 0 spiro atoms. The molecular weight excluding hydrogens is 131 g/mol. The molecule has 9 heavy (non-hydrogen) atoms. The van der Waals surface area contributed by atoms with E-state index in [2.05, 4.69) is 0 Å². The Balaban J connectivity index is 0. The molecule has 0 aromatic rings. The summed E-state index contributed by atoms with van der Waals surface area (Å²) >= 11 is 0.731. The van der Waals surface area contributed by atoms with Gasteiger partial charge in [-0.05, 0) is 0 Å². The number of rotatable bonds is 1. The predicted molar refractivity (Wildman–Crippen MR) is 34.4 cm³/mol. The van der Waals surface area contributed by atoms with Crippen LogP contribution in [0.5, 0.6) is 0 Å². The van der Waals surface area contributed by atoms with Gasteiger partial charge in [0.1, 0.15) is 0 Å². The maximum absolute atomic E-state index is 9.87. The van der Waals surface area contributed by atoms with Crippen LogP contribution in [0.25, 0.3) is 0 Å². The number of carbonyl (C=O) groups is 2. The Hall–Kier alpha value is 0.140. The van der Waals surface area contributed by atoms with Crippen LogP contribution in [0.3, 0.4) is 0 Å². The van der Waals surface area contributed by atoms with Gasteiger partial charge in [-0.3, -0.25) is 4.79 Å². The van der Waals surface area contributed by atoms with Crippen LogP contribution in [-0.2, 0) is 9.59 Å². The van der Waals surface area contributed by atoms with Gasteiger partial charge in [0, 0.05) is 6.92 Å². The van der Waals surface area contributed by atoms with E-state index in [0.29, 0.717) is 3.03 Å². The molecule has 0 heterocycles. The van der Waals surface area contributed by atoms with E-state index in [1.54, 1.807) is 0 Å². The molecule has 4 heteroatoms. The number of carboxylic acids is 1. The number of aliphatic carboxylic acids is 1. The van der Waals surface area contributed by atoms with Gasteiger partial charge in [0.25, 0.3) is 5.97 Å². The van der Waals surface area contributed by atoms with Crippen LogP contribution in [-0.4, -0.2) is 42.0 Å². The minimum atomic E-state index is -0.833. The summed E-state index contributed by atoms with van der Waals surface area (Å²) in [5.74, 6) is -0.833. The van der Waals surface area contributed by atoms with Gasteiger partial charge in [0.05, 0.1) is 0 Å². The molecule has 0 aliphatic carbocycles. The molecule has 0 aromatic carbocycles. The molecule has 0 fully saturated rings. The van der Waals surface area contributed by atoms with Gasteiger partial charge in [0.2, 0.25) is 0 Å². The molecule has 0 aliphatic heterocycles. The summed E-state index contributed by atoms with van der Waals surface area (Å²) in [6, 6.07) is 0. The molecule has 48 valence electrons. The number of hydrogen-bond acceptors (Lipinski definition) is 2. The van der Waals surface area contributed by atoms with E-state index in [0.717, 1.165) is 41.3 Å². The fraction of sp³-hybridized carbons (Fsp3) is 0.600. The summed E-state index contributed by atoms with van der Waals surface area (Å²) in [6.07, 6.45) is 0.728. The van der Waals surface area contributed by atoms with E-state index >= 15 is 0 Å². The summed E-state index contributed by atoms with van der Waals surface area (Å²) in [4.78, 5) is 18.9. The third-order valence-electron chi connectivity index (χ3n) is 0.498. The zero-order valence-electron chi connectivity index (χ0n) is 5.97. The molecule has 0 bridgehead atoms. The Labute approximate surface area is 71.9 Å². The van der Waals surface area contributed by atoms with E-state index in [1.165, 1.54) is 0 Å². The summed E-state index contributed by atoms with van der Waals surface area (Å²) in [5.41, 5.74) is 0. The van der Waals surface area contributed by atoms with Gasteiger partial charge in [0.15, 0.2) is 0 Å². The Bertz CT molecular complexity index is 96.4. The van der Waals surface area contributed by atoms with Crippen molar-refractivity contribution >= 4 is 36.9 Å². The van der Waals surface area contributed by atoms with Crippen molar-refractivity contribution in [3.8, 4) is 0 Å². The van der Waals surface area contributed by atoms with Crippen LogP contribution in [0.1, 0.15) is 20.3 Å². The Morgan fingerprint density at radius 1 is 1.56 bits per heavy atom. The van der Waals surface area contributed by atoms with Crippen molar-refractivity contribution in [3.63, 3.8) is 0 Å². The van der Waals surface area contributed by atoms with Gasteiger partial charge in [-0.25, -0.2) is 0 Å². The molecule has 1 N–H and O–H groups in total. The molecular formula is C5H9NaO3. The quantitative estimate of drug-likeness (QED) is 0.528. The molecule has 0 saturated carbocycles. The van der Waals surface area contributed by atoms with Gasteiger partial charge in [-0.2, -0.15) is 0 Å². The van der Waals surface area contributed by atoms with Crippen LogP contribution in [0, 0.1) is 0 Å². The van der Waals surface area contributed by atoms with Crippen LogP contribution >= 0.6 is 0 Å². The van der Waals surface area contributed by atoms with Crippen LogP contribution in [0.4, 0.5) is 0 Å². The van der Waals surface area contributed by atoms with Crippen molar-refractivity contribution in [3.05, 3.63) is 0 Å². The first kappa shape index (κ1) is 11.9. The average molecular weight is 140 g/mol. The van der Waals surface area contributed by atoms with Crippen molar-refractivity contribution in [2.24, 2.45) is 0 Å². The van der Waals surface area contributed by atoms with Crippen molar-refractivity contribution in [2.75, 3.05) is 0 Å². The SMILES string of the molecule is CC(=O)O.CC[C](=O)[Na]. The molecule has 0 saturated heterocycles. The standard InChI is InChI=1S/C3H5O.C2H4O2.Na/c1-2-3-4;1-2(3)4;/h2H2,1H3;1H3,(H,3,4);. The summed E-state index contributed by atoms with van der Waals surface area (Å²) in [7, 11) is 0. The molecule has 0 aromatic heterocycles. The number of carbonyl (C=O) groups excluding carboxylic acids is 1. The first-order chi connectivity index (χ1) is 4.00. The van der Waals surface area contributed by atoms with Crippen molar-refractivity contribution < 1.29 is 14.7 Å². The molecule has 3 nitrogen and oxygen atoms in total. The molecule has 0 rings (SSSR count). The second-order valence-electron chi connectivity index (χ2n) is 1.57. The molecule has 0 radical (unpaired) electrons. The van der Waals surface area contributed by atoms with Crippen LogP contribution in [0.15, 0.2) is 0 Å². The third-order valence-corrected chi connectivity index (χ3v) is 1.20. The Morgan fingerprint density at radius 2 is 1.67 bits per heavy atom. The topological polar surface area (TPSA) is 54.4 Å². The van der Waals surface area contributed by atoms with Gasteiger partial charge < -0.3 is 5.11 Å². The normalized spacial score (nSPS) is 7.11. The van der Waals surface area contributed by atoms with Crippen LogP contribution < -0.4 is 0 Å². The summed E-state index contributed by atoms with van der Waals surface area (Å²) < 4.78 is 0.394. The average Bonchev–Trinajstić information content (AvgIpc) is 1.65. The van der Waals surface area contributed by atoms with E-state index in [1.807, 2.05) is 6.92 Å². The first-order valence-electron chi connectivity index (χ1n) is 2.69. The van der Waals surface area contributed by atoms with Crippen molar-refractivity contribution in [1.29, 1.82) is 0 Å². The van der Waals surface area contributed by atoms with Gasteiger partial charge in [-0.15, -0.1) is 0 Å². The monoisotopic (exact) mass is 140 g/mol. The second-order valence-corrected chi connectivity index (χ2v) is 2.69. The van der Waals surface area contributed by atoms with Gasteiger partial charge in [-0.1, -0.05) is 0 Å².